The highest BCUT2D eigenvalue weighted by Gasteiger charge is 2.34. The van der Waals surface area contributed by atoms with Gasteiger partial charge < -0.3 is 5.11 Å². The molecule has 0 spiro atoms. The molecule has 2 unspecified atom stereocenters. The summed E-state index contributed by atoms with van der Waals surface area (Å²) in [5, 5.41) is 9.80. The van der Waals surface area contributed by atoms with Gasteiger partial charge in [-0.1, -0.05) is 12.8 Å². The fourth-order valence-electron chi connectivity index (χ4n) is 2.29. The smallest absolute Gasteiger partial charge is 0.308 e. The monoisotopic (exact) mass is 304 g/mol. The quantitative estimate of drug-likeness (QED) is 0.876. The van der Waals surface area contributed by atoms with Gasteiger partial charge in [0.2, 0.25) is 0 Å². The minimum atomic E-state index is -3.66. The molecule has 1 aliphatic carbocycles. The summed E-state index contributed by atoms with van der Waals surface area (Å²) in [6.07, 6.45) is 4.06. The Morgan fingerprint density at radius 2 is 2.16 bits per heavy atom. The first-order chi connectivity index (χ1) is 8.90. The van der Waals surface area contributed by atoms with Crippen LogP contribution in [0.1, 0.15) is 30.7 Å². The number of carboxylic acid groups (broad SMARTS) is 1. The summed E-state index contributed by atoms with van der Waals surface area (Å²) in [5.74, 6) is -1.58. The molecule has 19 heavy (non-hydrogen) atoms. The van der Waals surface area contributed by atoms with Crippen LogP contribution >= 0.6 is 11.3 Å². The van der Waals surface area contributed by atoms with Crippen LogP contribution in [0.2, 0.25) is 0 Å². The Hall–Kier alpha value is -0.990. The van der Waals surface area contributed by atoms with Gasteiger partial charge in [-0.3, -0.25) is 4.79 Å². The van der Waals surface area contributed by atoms with Crippen molar-refractivity contribution < 1.29 is 18.3 Å². The van der Waals surface area contributed by atoms with Crippen LogP contribution in [0.3, 0.4) is 0 Å². The van der Waals surface area contributed by atoms with Gasteiger partial charge >= 0.3 is 5.97 Å². The molecule has 0 amide bonds. The molecule has 106 valence electrons. The van der Waals surface area contributed by atoms with E-state index < -0.39 is 28.0 Å². The molecule has 0 bridgehead atoms. The summed E-state index contributed by atoms with van der Waals surface area (Å²) in [7, 11) is -3.66. The third kappa shape index (κ3) is 3.31. The van der Waals surface area contributed by atoms with E-state index in [-0.39, 0.29) is 4.21 Å². The van der Waals surface area contributed by atoms with Gasteiger partial charge in [-0.05, 0) is 19.8 Å². The maximum atomic E-state index is 12.1. The number of thiazole rings is 1. The van der Waals surface area contributed by atoms with Crippen molar-refractivity contribution in [3.05, 3.63) is 11.2 Å². The van der Waals surface area contributed by atoms with Crippen LogP contribution in [-0.2, 0) is 14.8 Å². The zero-order chi connectivity index (χ0) is 14.0. The van der Waals surface area contributed by atoms with Crippen molar-refractivity contribution in [1.29, 1.82) is 0 Å². The van der Waals surface area contributed by atoms with E-state index >= 15 is 0 Å². The number of rotatable bonds is 4. The summed E-state index contributed by atoms with van der Waals surface area (Å²) in [6.45, 7) is 1.73. The molecule has 8 heteroatoms. The first-order valence-corrected chi connectivity index (χ1v) is 8.37. The lowest BCUT2D eigenvalue weighted by Crippen LogP contribution is -2.44. The maximum Gasteiger partial charge on any atom is 0.308 e. The highest BCUT2D eigenvalue weighted by atomic mass is 32.2. The Morgan fingerprint density at radius 1 is 1.47 bits per heavy atom. The fourth-order valence-corrected chi connectivity index (χ4v) is 4.73. The Kier molecular flexibility index (Phi) is 4.22. The Morgan fingerprint density at radius 3 is 2.74 bits per heavy atom. The molecule has 1 heterocycles. The van der Waals surface area contributed by atoms with Crippen molar-refractivity contribution in [3.63, 3.8) is 0 Å². The Labute approximate surface area is 115 Å². The molecule has 1 aromatic rings. The Bertz CT molecular complexity index is 567. The molecule has 1 aliphatic rings. The minimum absolute atomic E-state index is 0.139. The summed E-state index contributed by atoms with van der Waals surface area (Å²) < 4.78 is 27.0. The number of aryl methyl sites for hydroxylation is 1. The number of hydrogen-bond acceptors (Lipinski definition) is 5. The van der Waals surface area contributed by atoms with Crippen molar-refractivity contribution in [3.8, 4) is 0 Å². The molecule has 1 saturated carbocycles. The van der Waals surface area contributed by atoms with E-state index in [1.54, 1.807) is 6.92 Å². The highest BCUT2D eigenvalue weighted by molar-refractivity contribution is 7.91. The molecule has 2 N–H and O–H groups in total. The van der Waals surface area contributed by atoms with Gasteiger partial charge in [-0.2, -0.15) is 0 Å². The van der Waals surface area contributed by atoms with E-state index in [0.29, 0.717) is 17.8 Å². The van der Waals surface area contributed by atoms with E-state index in [9.17, 15) is 13.2 Å². The molecular weight excluding hydrogens is 288 g/mol. The molecule has 2 rings (SSSR count). The number of nitrogens with one attached hydrogen (secondary N) is 1. The van der Waals surface area contributed by atoms with E-state index in [1.165, 1.54) is 6.20 Å². The first-order valence-electron chi connectivity index (χ1n) is 6.08. The molecule has 0 aliphatic heterocycles. The lowest BCUT2D eigenvalue weighted by atomic mass is 9.85. The second kappa shape index (κ2) is 5.56. The van der Waals surface area contributed by atoms with Crippen LogP contribution < -0.4 is 4.72 Å². The van der Waals surface area contributed by atoms with Crippen molar-refractivity contribution >= 4 is 27.3 Å². The number of carboxylic acids is 1. The third-order valence-corrected chi connectivity index (χ3v) is 6.12. The SMILES string of the molecule is Cc1ncc(S(=O)(=O)NC2CCCCC2C(=O)O)s1. The van der Waals surface area contributed by atoms with E-state index in [4.69, 9.17) is 5.11 Å². The maximum absolute atomic E-state index is 12.1. The Balaban J connectivity index is 2.16. The van der Waals surface area contributed by atoms with E-state index in [2.05, 4.69) is 9.71 Å². The minimum Gasteiger partial charge on any atom is -0.481 e. The first kappa shape index (κ1) is 14.4. The van der Waals surface area contributed by atoms with Crippen molar-refractivity contribution in [2.75, 3.05) is 0 Å². The standard InChI is InChI=1S/C11H16N2O4S2/c1-7-12-6-10(18-7)19(16,17)13-9-5-3-2-4-8(9)11(14)15/h6,8-9,13H,2-5H2,1H3,(H,14,15). The van der Waals surface area contributed by atoms with E-state index in [0.717, 1.165) is 24.2 Å². The van der Waals surface area contributed by atoms with Crippen LogP contribution in [0, 0.1) is 12.8 Å². The number of nitrogens with zero attached hydrogens (tertiary/aromatic N) is 1. The second-order valence-corrected chi connectivity index (χ2v) is 7.83. The highest BCUT2D eigenvalue weighted by Crippen LogP contribution is 2.27. The molecule has 6 nitrogen and oxygen atoms in total. The molecule has 2 atom stereocenters. The van der Waals surface area contributed by atoms with Gasteiger partial charge in [0, 0.05) is 6.04 Å². The molecule has 1 fully saturated rings. The summed E-state index contributed by atoms with van der Waals surface area (Å²) in [5.41, 5.74) is 0. The molecule has 0 radical (unpaired) electrons. The number of sulfonamides is 1. The number of hydrogen-bond donors (Lipinski definition) is 2. The molecule has 1 aromatic heterocycles. The van der Waals surface area contributed by atoms with Crippen LogP contribution in [0.4, 0.5) is 0 Å². The zero-order valence-corrected chi connectivity index (χ0v) is 12.1. The van der Waals surface area contributed by atoms with Crippen LogP contribution in [0.25, 0.3) is 0 Å². The van der Waals surface area contributed by atoms with Gasteiger partial charge in [-0.25, -0.2) is 18.1 Å². The van der Waals surface area contributed by atoms with Gasteiger partial charge in [0.25, 0.3) is 10.0 Å². The zero-order valence-electron chi connectivity index (χ0n) is 10.5. The van der Waals surface area contributed by atoms with Gasteiger partial charge in [0.15, 0.2) is 4.21 Å². The normalized spacial score (nSPS) is 24.3. The molecular formula is C11H16N2O4S2. The predicted molar refractivity (Wildman–Crippen MR) is 70.6 cm³/mol. The van der Waals surface area contributed by atoms with Gasteiger partial charge in [-0.15, -0.1) is 11.3 Å². The largest absolute Gasteiger partial charge is 0.481 e. The van der Waals surface area contributed by atoms with E-state index in [1.807, 2.05) is 0 Å². The van der Waals surface area contributed by atoms with Crippen LogP contribution in [0.15, 0.2) is 10.4 Å². The van der Waals surface area contributed by atoms with Gasteiger partial charge in [0.1, 0.15) is 0 Å². The number of aliphatic carboxylic acids is 1. The second-order valence-electron chi connectivity index (χ2n) is 4.66. The predicted octanol–water partition coefficient (Wildman–Crippen LogP) is 1.37. The fraction of sp³-hybridized carbons (Fsp3) is 0.636. The van der Waals surface area contributed by atoms with Crippen molar-refractivity contribution in [1.82, 2.24) is 9.71 Å². The number of carbonyl (C=O) groups is 1. The summed E-state index contributed by atoms with van der Waals surface area (Å²) >= 11 is 1.08. The average molecular weight is 304 g/mol. The summed E-state index contributed by atoms with van der Waals surface area (Å²) in [6, 6.07) is -0.529. The van der Waals surface area contributed by atoms with Gasteiger partial charge in [0.05, 0.1) is 17.1 Å². The lowest BCUT2D eigenvalue weighted by molar-refractivity contribution is -0.143. The number of aromatic nitrogens is 1. The molecule has 0 saturated heterocycles. The van der Waals surface area contributed by atoms with Crippen LogP contribution in [-0.4, -0.2) is 30.5 Å². The third-order valence-electron chi connectivity index (χ3n) is 3.25. The topological polar surface area (TPSA) is 96.4 Å². The average Bonchev–Trinajstić information content (AvgIpc) is 2.76. The lowest BCUT2D eigenvalue weighted by Gasteiger charge is -2.28. The van der Waals surface area contributed by atoms with Crippen molar-refractivity contribution in [2.24, 2.45) is 5.92 Å². The van der Waals surface area contributed by atoms with Crippen molar-refractivity contribution in [2.45, 2.75) is 42.9 Å². The van der Waals surface area contributed by atoms with Crippen LogP contribution in [0.5, 0.6) is 0 Å². The molecule has 0 aromatic carbocycles. The summed E-state index contributed by atoms with van der Waals surface area (Å²) in [4.78, 5) is 15.1.